The van der Waals surface area contributed by atoms with E-state index in [0.717, 1.165) is 44.7 Å². The fraction of sp³-hybridized carbons (Fsp3) is 1.00. The van der Waals surface area contributed by atoms with Gasteiger partial charge in [0.1, 0.15) is 0 Å². The molecule has 0 amide bonds. The second kappa shape index (κ2) is 10.5. The van der Waals surface area contributed by atoms with Crippen LogP contribution in [0.1, 0.15) is 19.3 Å². The standard InChI is InChI=1S/C10H24N2O2S/c1-14-9-10(5-3-6-11)12-7-4-8-15(2)13/h10,12H,3-9,11H2,1-2H3. The van der Waals surface area contributed by atoms with Crippen molar-refractivity contribution in [2.24, 2.45) is 5.73 Å². The lowest BCUT2D eigenvalue weighted by Crippen LogP contribution is -2.34. The molecule has 4 nitrogen and oxygen atoms in total. The molecule has 2 unspecified atom stereocenters. The van der Waals surface area contributed by atoms with Gasteiger partial charge in [-0.15, -0.1) is 0 Å². The molecular weight excluding hydrogens is 212 g/mol. The van der Waals surface area contributed by atoms with Crippen molar-refractivity contribution < 1.29 is 8.95 Å². The van der Waals surface area contributed by atoms with Gasteiger partial charge in [-0.05, 0) is 32.4 Å². The molecule has 15 heavy (non-hydrogen) atoms. The molecule has 3 N–H and O–H groups in total. The highest BCUT2D eigenvalue weighted by Crippen LogP contribution is 1.97. The molecule has 0 aromatic rings. The van der Waals surface area contributed by atoms with Gasteiger partial charge in [-0.1, -0.05) is 0 Å². The van der Waals surface area contributed by atoms with Gasteiger partial charge in [0, 0.05) is 36.0 Å². The van der Waals surface area contributed by atoms with Crippen molar-refractivity contribution in [2.75, 3.05) is 38.8 Å². The lowest BCUT2D eigenvalue weighted by molar-refractivity contribution is 0.162. The normalized spacial score (nSPS) is 15.1. The van der Waals surface area contributed by atoms with Crippen LogP contribution >= 0.6 is 0 Å². The maximum Gasteiger partial charge on any atom is 0.0615 e. The van der Waals surface area contributed by atoms with Gasteiger partial charge < -0.3 is 15.8 Å². The highest BCUT2D eigenvalue weighted by atomic mass is 32.2. The zero-order valence-corrected chi connectivity index (χ0v) is 10.6. The van der Waals surface area contributed by atoms with Crippen molar-refractivity contribution in [3.63, 3.8) is 0 Å². The third-order valence-electron chi connectivity index (χ3n) is 2.17. The molecule has 0 aliphatic carbocycles. The Balaban J connectivity index is 3.51. The van der Waals surface area contributed by atoms with Gasteiger partial charge in [0.25, 0.3) is 0 Å². The van der Waals surface area contributed by atoms with E-state index in [0.29, 0.717) is 6.04 Å². The average Bonchev–Trinajstić information content (AvgIpc) is 2.20. The van der Waals surface area contributed by atoms with Crippen molar-refractivity contribution >= 4 is 10.8 Å². The molecule has 0 rings (SSSR count). The van der Waals surface area contributed by atoms with Gasteiger partial charge in [0.15, 0.2) is 0 Å². The Morgan fingerprint density at radius 3 is 2.73 bits per heavy atom. The van der Waals surface area contributed by atoms with E-state index < -0.39 is 10.8 Å². The first kappa shape index (κ1) is 15.0. The number of ether oxygens (including phenoxy) is 1. The van der Waals surface area contributed by atoms with Crippen LogP contribution in [-0.4, -0.2) is 49.1 Å². The molecule has 0 bridgehead atoms. The topological polar surface area (TPSA) is 64.3 Å². The van der Waals surface area contributed by atoms with Gasteiger partial charge in [0.2, 0.25) is 0 Å². The van der Waals surface area contributed by atoms with Gasteiger partial charge in [-0.3, -0.25) is 4.21 Å². The molecular formula is C10H24N2O2S. The molecule has 0 saturated carbocycles. The van der Waals surface area contributed by atoms with Crippen LogP contribution in [0, 0.1) is 0 Å². The molecule has 0 spiro atoms. The average molecular weight is 236 g/mol. The Labute approximate surface area is 95.4 Å². The van der Waals surface area contributed by atoms with Crippen LogP contribution < -0.4 is 11.1 Å². The van der Waals surface area contributed by atoms with E-state index in [2.05, 4.69) is 5.32 Å². The van der Waals surface area contributed by atoms with E-state index in [4.69, 9.17) is 10.5 Å². The summed E-state index contributed by atoms with van der Waals surface area (Å²) in [7, 11) is 1.03. The fourth-order valence-corrected chi connectivity index (χ4v) is 1.94. The minimum absolute atomic E-state index is 0.379. The van der Waals surface area contributed by atoms with Crippen molar-refractivity contribution in [3.8, 4) is 0 Å². The maximum absolute atomic E-state index is 10.8. The van der Waals surface area contributed by atoms with E-state index in [1.165, 1.54) is 0 Å². The number of hydrogen-bond donors (Lipinski definition) is 2. The second-order valence-corrected chi connectivity index (χ2v) is 5.22. The van der Waals surface area contributed by atoms with E-state index in [1.54, 1.807) is 13.4 Å². The van der Waals surface area contributed by atoms with Crippen LogP contribution in [0.5, 0.6) is 0 Å². The molecule has 0 aliphatic heterocycles. The second-order valence-electron chi connectivity index (χ2n) is 3.67. The molecule has 0 aromatic heterocycles. The Morgan fingerprint density at radius 2 is 2.20 bits per heavy atom. The highest BCUT2D eigenvalue weighted by Gasteiger charge is 2.06. The summed E-state index contributed by atoms with van der Waals surface area (Å²) in [5.74, 6) is 0.767. The molecule has 0 radical (unpaired) electrons. The SMILES string of the molecule is COCC(CCCN)NCCCS(C)=O. The summed E-state index contributed by atoms with van der Waals surface area (Å²) in [6, 6.07) is 0.379. The predicted octanol–water partition coefficient (Wildman–Crippen LogP) is 0.0985. The Morgan fingerprint density at radius 1 is 1.47 bits per heavy atom. The number of hydrogen-bond acceptors (Lipinski definition) is 4. The van der Waals surface area contributed by atoms with Gasteiger partial charge >= 0.3 is 0 Å². The molecule has 0 saturated heterocycles. The molecule has 0 fully saturated rings. The summed E-state index contributed by atoms with van der Waals surface area (Å²) in [6.07, 6.45) is 4.74. The number of rotatable bonds is 10. The quantitative estimate of drug-likeness (QED) is 0.528. The predicted molar refractivity (Wildman–Crippen MR) is 65.5 cm³/mol. The molecule has 92 valence electrons. The summed E-state index contributed by atoms with van der Waals surface area (Å²) >= 11 is 0. The highest BCUT2D eigenvalue weighted by molar-refractivity contribution is 7.84. The molecule has 0 heterocycles. The monoisotopic (exact) mass is 236 g/mol. The van der Waals surface area contributed by atoms with Crippen LogP contribution in [0.2, 0.25) is 0 Å². The third-order valence-corrected chi connectivity index (χ3v) is 3.03. The van der Waals surface area contributed by atoms with E-state index >= 15 is 0 Å². The van der Waals surface area contributed by atoms with Crippen LogP contribution in [0.25, 0.3) is 0 Å². The van der Waals surface area contributed by atoms with Gasteiger partial charge in [0.05, 0.1) is 6.61 Å². The Hall–Kier alpha value is 0.0300. The number of nitrogens with two attached hydrogens (primary N) is 1. The first-order valence-electron chi connectivity index (χ1n) is 5.43. The van der Waals surface area contributed by atoms with Crippen molar-refractivity contribution in [2.45, 2.75) is 25.3 Å². The molecule has 5 heteroatoms. The summed E-state index contributed by atoms with van der Waals surface area (Å²) in [5, 5.41) is 3.40. The molecule has 0 aromatic carbocycles. The summed E-state index contributed by atoms with van der Waals surface area (Å²) in [6.45, 7) is 2.34. The summed E-state index contributed by atoms with van der Waals surface area (Å²) in [4.78, 5) is 0. The summed E-state index contributed by atoms with van der Waals surface area (Å²) < 4.78 is 15.9. The lowest BCUT2D eigenvalue weighted by Gasteiger charge is -2.17. The van der Waals surface area contributed by atoms with Crippen molar-refractivity contribution in [1.82, 2.24) is 5.32 Å². The Kier molecular flexibility index (Phi) is 10.6. The number of nitrogens with one attached hydrogen (secondary N) is 1. The summed E-state index contributed by atoms with van der Waals surface area (Å²) in [5.41, 5.74) is 5.46. The maximum atomic E-state index is 10.8. The van der Waals surface area contributed by atoms with Crippen LogP contribution in [0.15, 0.2) is 0 Å². The first-order chi connectivity index (χ1) is 7.20. The number of methoxy groups -OCH3 is 1. The van der Waals surface area contributed by atoms with Crippen LogP contribution in [-0.2, 0) is 15.5 Å². The van der Waals surface area contributed by atoms with Crippen molar-refractivity contribution in [1.29, 1.82) is 0 Å². The van der Waals surface area contributed by atoms with E-state index in [-0.39, 0.29) is 0 Å². The minimum Gasteiger partial charge on any atom is -0.383 e. The Bertz CT molecular complexity index is 168. The molecule has 0 aliphatic rings. The first-order valence-corrected chi connectivity index (χ1v) is 7.15. The van der Waals surface area contributed by atoms with Crippen LogP contribution in [0.3, 0.4) is 0 Å². The van der Waals surface area contributed by atoms with E-state index in [1.807, 2.05) is 0 Å². The smallest absolute Gasteiger partial charge is 0.0615 e. The zero-order valence-electron chi connectivity index (χ0n) is 9.83. The largest absolute Gasteiger partial charge is 0.383 e. The minimum atomic E-state index is -0.681. The van der Waals surface area contributed by atoms with Crippen molar-refractivity contribution in [3.05, 3.63) is 0 Å². The van der Waals surface area contributed by atoms with Gasteiger partial charge in [-0.2, -0.15) is 0 Å². The van der Waals surface area contributed by atoms with E-state index in [9.17, 15) is 4.21 Å². The lowest BCUT2D eigenvalue weighted by atomic mass is 10.1. The molecule has 2 atom stereocenters. The van der Waals surface area contributed by atoms with Gasteiger partial charge in [-0.25, -0.2) is 0 Å². The fourth-order valence-electron chi connectivity index (χ4n) is 1.39. The zero-order chi connectivity index (χ0) is 11.5. The third kappa shape index (κ3) is 10.3. The van der Waals surface area contributed by atoms with Crippen LogP contribution in [0.4, 0.5) is 0 Å².